The molecule has 2 atom stereocenters. The fraction of sp³-hybridized carbons (Fsp3) is 0.562. The lowest BCUT2D eigenvalue weighted by Crippen LogP contribution is -2.23. The number of hydrogen-bond donors (Lipinski definition) is 0. The number of terminal acetylenes is 1. The van der Waals surface area contributed by atoms with E-state index in [1.54, 1.807) is 6.08 Å². The number of alkyl halides is 2. The lowest BCUT2D eigenvalue weighted by atomic mass is 9.71. The number of aryl methyl sites for hydroxylation is 2. The summed E-state index contributed by atoms with van der Waals surface area (Å²) in [4.78, 5) is 0. The largest absolute Gasteiger partial charge is 0.274 e. The standard InChI is InChI=1S/C32H39ClF2/c1-6-25-17-24(18-30(33)23(25)5)19-32(34,35)31-21(3)15-29(16-22(31)4)28-13-11-27(12-14-28)26-9-7-20(2)8-10-26/h1,13,15-17,20,24,26-27H,7-12,14,18-19H2,2-5H3. The number of rotatable bonds is 5. The molecule has 0 saturated heterocycles. The third kappa shape index (κ3) is 5.77. The summed E-state index contributed by atoms with van der Waals surface area (Å²) in [5, 5.41) is 0.593. The highest BCUT2D eigenvalue weighted by atomic mass is 35.5. The van der Waals surface area contributed by atoms with Gasteiger partial charge in [0.05, 0.1) is 0 Å². The van der Waals surface area contributed by atoms with Gasteiger partial charge in [0.2, 0.25) is 0 Å². The van der Waals surface area contributed by atoms with Crippen LogP contribution in [-0.4, -0.2) is 0 Å². The molecule has 4 rings (SSSR count). The van der Waals surface area contributed by atoms with Crippen LogP contribution in [0, 0.1) is 49.9 Å². The fourth-order valence-corrected chi connectivity index (χ4v) is 7.00. The van der Waals surface area contributed by atoms with Gasteiger partial charge in [-0.1, -0.05) is 61.6 Å². The molecule has 3 heteroatoms. The van der Waals surface area contributed by atoms with Crippen molar-refractivity contribution in [2.75, 3.05) is 0 Å². The van der Waals surface area contributed by atoms with Gasteiger partial charge in [-0.15, -0.1) is 6.42 Å². The quantitative estimate of drug-likeness (QED) is 0.356. The molecular weight excluding hydrogens is 458 g/mol. The van der Waals surface area contributed by atoms with E-state index in [1.807, 2.05) is 32.9 Å². The van der Waals surface area contributed by atoms with Crippen LogP contribution in [0.15, 0.2) is 40.5 Å². The van der Waals surface area contributed by atoms with E-state index in [-0.39, 0.29) is 17.9 Å². The van der Waals surface area contributed by atoms with Crippen molar-refractivity contribution >= 4 is 17.2 Å². The van der Waals surface area contributed by atoms with Gasteiger partial charge >= 0.3 is 0 Å². The van der Waals surface area contributed by atoms with Crippen molar-refractivity contribution in [1.29, 1.82) is 0 Å². The van der Waals surface area contributed by atoms with Crippen molar-refractivity contribution in [2.24, 2.45) is 23.7 Å². The van der Waals surface area contributed by atoms with E-state index >= 15 is 8.78 Å². The Morgan fingerprint density at radius 3 is 2.26 bits per heavy atom. The van der Waals surface area contributed by atoms with Crippen LogP contribution in [-0.2, 0) is 5.92 Å². The van der Waals surface area contributed by atoms with Gasteiger partial charge in [-0.05, 0) is 111 Å². The summed E-state index contributed by atoms with van der Waals surface area (Å²) in [6, 6.07) is 3.95. The van der Waals surface area contributed by atoms with Gasteiger partial charge in [-0.25, -0.2) is 8.78 Å². The fourth-order valence-electron chi connectivity index (χ4n) is 6.70. The summed E-state index contributed by atoms with van der Waals surface area (Å²) in [7, 11) is 0. The molecule has 1 fully saturated rings. The van der Waals surface area contributed by atoms with E-state index in [9.17, 15) is 0 Å². The summed E-state index contributed by atoms with van der Waals surface area (Å²) < 4.78 is 31.2. The molecule has 0 amide bonds. The van der Waals surface area contributed by atoms with Gasteiger partial charge in [0, 0.05) is 22.6 Å². The average molecular weight is 497 g/mol. The van der Waals surface area contributed by atoms with Gasteiger partial charge in [-0.2, -0.15) is 0 Å². The van der Waals surface area contributed by atoms with Crippen LogP contribution in [0.3, 0.4) is 0 Å². The van der Waals surface area contributed by atoms with E-state index in [0.717, 1.165) is 41.7 Å². The van der Waals surface area contributed by atoms with Crippen molar-refractivity contribution in [1.82, 2.24) is 0 Å². The summed E-state index contributed by atoms with van der Waals surface area (Å²) in [5.74, 6) is 1.83. The smallest absolute Gasteiger partial charge is 0.201 e. The van der Waals surface area contributed by atoms with Gasteiger partial charge in [0.25, 0.3) is 5.92 Å². The molecule has 3 aliphatic rings. The second-order valence-electron chi connectivity index (χ2n) is 11.4. The molecule has 3 aliphatic carbocycles. The molecule has 188 valence electrons. The minimum absolute atomic E-state index is 0.157. The summed E-state index contributed by atoms with van der Waals surface area (Å²) in [6.45, 7) is 7.89. The van der Waals surface area contributed by atoms with Gasteiger partial charge in [-0.3, -0.25) is 0 Å². The van der Waals surface area contributed by atoms with Crippen LogP contribution in [0.5, 0.6) is 0 Å². The maximum atomic E-state index is 15.6. The number of hydrogen-bond acceptors (Lipinski definition) is 0. The van der Waals surface area contributed by atoms with Crippen molar-refractivity contribution in [2.45, 2.75) is 91.4 Å². The molecule has 35 heavy (non-hydrogen) atoms. The molecule has 1 aromatic carbocycles. The van der Waals surface area contributed by atoms with Crippen LogP contribution in [0.1, 0.15) is 93.9 Å². The Hall–Kier alpha value is -1.85. The molecule has 0 nitrogen and oxygen atoms in total. The molecule has 2 unspecified atom stereocenters. The third-order valence-electron chi connectivity index (χ3n) is 8.78. The molecule has 0 aromatic heterocycles. The Kier molecular flexibility index (Phi) is 7.97. The summed E-state index contributed by atoms with van der Waals surface area (Å²) in [6.07, 6.45) is 18.8. The van der Waals surface area contributed by atoms with Crippen molar-refractivity contribution in [3.8, 4) is 12.3 Å². The van der Waals surface area contributed by atoms with Crippen molar-refractivity contribution in [3.63, 3.8) is 0 Å². The average Bonchev–Trinajstić information content (AvgIpc) is 2.81. The Morgan fingerprint density at radius 2 is 1.69 bits per heavy atom. The Morgan fingerprint density at radius 1 is 1.03 bits per heavy atom. The summed E-state index contributed by atoms with van der Waals surface area (Å²) >= 11 is 6.34. The van der Waals surface area contributed by atoms with Crippen molar-refractivity contribution < 1.29 is 8.78 Å². The molecule has 0 N–H and O–H groups in total. The lowest BCUT2D eigenvalue weighted by Gasteiger charge is -2.34. The zero-order valence-corrected chi connectivity index (χ0v) is 22.4. The maximum absolute atomic E-state index is 15.6. The summed E-state index contributed by atoms with van der Waals surface area (Å²) in [5.41, 5.74) is 5.40. The highest BCUT2D eigenvalue weighted by Gasteiger charge is 2.38. The highest BCUT2D eigenvalue weighted by molar-refractivity contribution is 6.30. The molecule has 0 bridgehead atoms. The van der Waals surface area contributed by atoms with Crippen LogP contribution in [0.2, 0.25) is 0 Å². The van der Waals surface area contributed by atoms with Crippen LogP contribution in [0.4, 0.5) is 8.78 Å². The van der Waals surface area contributed by atoms with E-state index in [1.165, 1.54) is 37.7 Å². The Labute approximate surface area is 215 Å². The first-order chi connectivity index (χ1) is 16.6. The zero-order valence-electron chi connectivity index (χ0n) is 21.7. The Balaban J connectivity index is 1.49. The van der Waals surface area contributed by atoms with Crippen LogP contribution < -0.4 is 0 Å². The Bertz CT molecular complexity index is 1070. The predicted octanol–water partition coefficient (Wildman–Crippen LogP) is 9.89. The SMILES string of the molecule is C#CC1=CC(CC(F)(F)c2c(C)cc(C3=CCC(C4CCC(C)CC4)CC3)cc2C)CC(Cl)=C1C. The highest BCUT2D eigenvalue weighted by Crippen LogP contribution is 2.45. The van der Waals surface area contributed by atoms with Crippen LogP contribution in [0.25, 0.3) is 5.57 Å². The van der Waals surface area contributed by atoms with Gasteiger partial charge < -0.3 is 0 Å². The number of halogens is 3. The first-order valence-electron chi connectivity index (χ1n) is 13.3. The van der Waals surface area contributed by atoms with E-state index in [2.05, 4.69) is 18.9 Å². The van der Waals surface area contributed by atoms with Crippen LogP contribution >= 0.6 is 11.6 Å². The monoisotopic (exact) mass is 496 g/mol. The normalized spacial score (nSPS) is 27.8. The second-order valence-corrected chi connectivity index (χ2v) is 11.9. The molecule has 1 aromatic rings. The second kappa shape index (κ2) is 10.6. The first kappa shape index (κ1) is 26.2. The molecule has 1 saturated carbocycles. The minimum atomic E-state index is -2.94. The molecule has 0 heterocycles. The van der Waals surface area contributed by atoms with E-state index in [4.69, 9.17) is 18.0 Å². The number of allylic oxidation sites excluding steroid dienone is 6. The minimum Gasteiger partial charge on any atom is -0.201 e. The van der Waals surface area contributed by atoms with E-state index < -0.39 is 5.92 Å². The van der Waals surface area contributed by atoms with Gasteiger partial charge in [0.1, 0.15) is 0 Å². The first-order valence-corrected chi connectivity index (χ1v) is 13.7. The molecule has 0 spiro atoms. The third-order valence-corrected chi connectivity index (χ3v) is 9.21. The number of benzene rings is 1. The van der Waals surface area contributed by atoms with E-state index in [0.29, 0.717) is 28.2 Å². The molecular formula is C32H39ClF2. The zero-order chi connectivity index (χ0) is 25.3. The van der Waals surface area contributed by atoms with Gasteiger partial charge in [0.15, 0.2) is 0 Å². The lowest BCUT2D eigenvalue weighted by molar-refractivity contribution is -0.0249. The molecule has 0 aliphatic heterocycles. The maximum Gasteiger partial charge on any atom is 0.274 e. The van der Waals surface area contributed by atoms with Crippen molar-refractivity contribution in [3.05, 3.63) is 62.7 Å². The topological polar surface area (TPSA) is 0 Å². The molecule has 0 radical (unpaired) electrons. The predicted molar refractivity (Wildman–Crippen MR) is 144 cm³/mol.